The molecule has 0 spiro atoms. The molecular weight excluding hydrogens is 291 g/mol. The predicted molar refractivity (Wildman–Crippen MR) is 69.4 cm³/mol. The lowest BCUT2D eigenvalue weighted by Crippen LogP contribution is -2.07. The highest BCUT2D eigenvalue weighted by Crippen LogP contribution is 2.30. The summed E-state index contributed by atoms with van der Waals surface area (Å²) in [6.45, 7) is 3.11. The molecule has 2 aromatic rings. The highest BCUT2D eigenvalue weighted by Gasteiger charge is 2.32. The maximum absolute atomic E-state index is 12.4. The maximum Gasteiger partial charge on any atom is 0.433 e. The number of hydrogen-bond acceptors (Lipinski definition) is 5. The number of carbonyl (C=O) groups is 1. The van der Waals surface area contributed by atoms with Gasteiger partial charge in [-0.3, -0.25) is 4.79 Å². The third-order valence-electron chi connectivity index (χ3n) is 2.53. The van der Waals surface area contributed by atoms with Crippen molar-refractivity contribution in [2.45, 2.75) is 20.0 Å². The molecule has 0 atom stereocenters. The van der Waals surface area contributed by atoms with Crippen molar-refractivity contribution in [1.29, 1.82) is 0 Å². The van der Waals surface area contributed by atoms with Crippen LogP contribution >= 0.6 is 11.5 Å². The van der Waals surface area contributed by atoms with E-state index < -0.39 is 11.9 Å². The van der Waals surface area contributed by atoms with Crippen molar-refractivity contribution >= 4 is 28.0 Å². The molecule has 8 heteroatoms. The molecule has 0 aliphatic rings. The monoisotopic (exact) mass is 301 g/mol. The summed E-state index contributed by atoms with van der Waals surface area (Å²) < 4.78 is 41.2. The van der Waals surface area contributed by atoms with E-state index in [2.05, 4.69) is 14.7 Å². The smallest absolute Gasteiger partial charge is 0.344 e. The zero-order valence-corrected chi connectivity index (χ0v) is 11.4. The van der Waals surface area contributed by atoms with Gasteiger partial charge in [0.1, 0.15) is 10.7 Å². The third kappa shape index (κ3) is 2.96. The molecule has 4 nitrogen and oxygen atoms in total. The molecule has 2 rings (SSSR count). The minimum Gasteiger partial charge on any atom is -0.344 e. The second-order valence-electron chi connectivity index (χ2n) is 4.08. The first kappa shape index (κ1) is 14.4. The van der Waals surface area contributed by atoms with Crippen molar-refractivity contribution in [3.8, 4) is 0 Å². The van der Waals surface area contributed by atoms with E-state index in [-0.39, 0.29) is 5.78 Å². The van der Waals surface area contributed by atoms with Crippen molar-refractivity contribution in [2.24, 2.45) is 0 Å². The Hall–Kier alpha value is -1.96. The summed E-state index contributed by atoms with van der Waals surface area (Å²) in [5.41, 5.74) is 0.430. The molecular formula is C12H10F3N3OS. The number of nitrogens with one attached hydrogen (secondary N) is 1. The Labute approximate surface area is 116 Å². The molecule has 0 saturated carbocycles. The number of aryl methyl sites for hydroxylation is 1. The molecule has 0 aliphatic carbocycles. The van der Waals surface area contributed by atoms with Crippen LogP contribution in [0, 0.1) is 6.92 Å². The van der Waals surface area contributed by atoms with Crippen LogP contribution in [0.25, 0.3) is 0 Å². The summed E-state index contributed by atoms with van der Waals surface area (Å²) in [5, 5.41) is 3.36. The molecule has 20 heavy (non-hydrogen) atoms. The van der Waals surface area contributed by atoms with E-state index in [1.807, 2.05) is 0 Å². The number of carbonyl (C=O) groups excluding carboxylic acids is 1. The second-order valence-corrected chi connectivity index (χ2v) is 4.86. The zero-order valence-electron chi connectivity index (χ0n) is 10.6. The first-order valence-electron chi connectivity index (χ1n) is 5.56. The number of Topliss-reactive ketones (excluding diaryl/α,β-unsaturated/α-hetero) is 1. The summed E-state index contributed by atoms with van der Waals surface area (Å²) in [4.78, 5) is 14.8. The number of hydrogen-bond donors (Lipinski definition) is 1. The fraction of sp³-hybridized carbons (Fsp3) is 0.250. The van der Waals surface area contributed by atoms with Gasteiger partial charge in [-0.2, -0.15) is 17.5 Å². The van der Waals surface area contributed by atoms with Gasteiger partial charge in [0.15, 0.2) is 5.78 Å². The summed E-state index contributed by atoms with van der Waals surface area (Å²) in [7, 11) is 0. The van der Waals surface area contributed by atoms with Gasteiger partial charge in [-0.1, -0.05) is 0 Å². The molecule has 0 bridgehead atoms. The van der Waals surface area contributed by atoms with Crippen molar-refractivity contribution in [3.05, 3.63) is 35.3 Å². The number of ketones is 1. The summed E-state index contributed by atoms with van der Waals surface area (Å²) in [6.07, 6.45) is -3.40. The number of aromatic nitrogens is 2. The molecule has 1 N–H and O–H groups in total. The van der Waals surface area contributed by atoms with Crippen molar-refractivity contribution in [2.75, 3.05) is 5.32 Å². The topological polar surface area (TPSA) is 54.9 Å². The predicted octanol–water partition coefficient (Wildman–Crippen LogP) is 3.81. The van der Waals surface area contributed by atoms with Crippen LogP contribution in [0.2, 0.25) is 0 Å². The normalized spacial score (nSPS) is 11.4. The lowest BCUT2D eigenvalue weighted by molar-refractivity contribution is -0.141. The van der Waals surface area contributed by atoms with Gasteiger partial charge < -0.3 is 5.32 Å². The molecule has 2 heterocycles. The Morgan fingerprint density at radius 3 is 2.55 bits per heavy atom. The van der Waals surface area contributed by atoms with Crippen molar-refractivity contribution in [3.63, 3.8) is 0 Å². The lowest BCUT2D eigenvalue weighted by atomic mass is 10.2. The van der Waals surface area contributed by atoms with Crippen LogP contribution in [0.3, 0.4) is 0 Å². The number of pyridine rings is 1. The molecule has 0 unspecified atom stereocenters. The fourth-order valence-electron chi connectivity index (χ4n) is 1.64. The van der Waals surface area contributed by atoms with Gasteiger partial charge in [0.05, 0.1) is 23.1 Å². The number of rotatable bonds is 3. The minimum atomic E-state index is -4.47. The lowest BCUT2D eigenvalue weighted by Gasteiger charge is -2.08. The van der Waals surface area contributed by atoms with Gasteiger partial charge in [-0.15, -0.1) is 0 Å². The van der Waals surface area contributed by atoms with Crippen LogP contribution in [-0.4, -0.2) is 15.1 Å². The van der Waals surface area contributed by atoms with E-state index in [0.29, 0.717) is 21.9 Å². The first-order valence-corrected chi connectivity index (χ1v) is 6.34. The van der Waals surface area contributed by atoms with Gasteiger partial charge in [-0.05, 0) is 37.5 Å². The van der Waals surface area contributed by atoms with E-state index in [0.717, 1.165) is 23.8 Å². The standard InChI is InChI=1S/C12H10F3N3OS/c1-6-10(7(2)19)11(20-18-6)17-8-3-4-9(16-5-8)12(13,14)15/h3-5,17H,1-2H3. The summed E-state index contributed by atoms with van der Waals surface area (Å²) in [6, 6.07) is 2.14. The van der Waals surface area contributed by atoms with Crippen molar-refractivity contribution in [1.82, 2.24) is 9.36 Å². The number of nitrogens with zero attached hydrogens (tertiary/aromatic N) is 2. The van der Waals surface area contributed by atoms with E-state index in [1.165, 1.54) is 13.0 Å². The Balaban J connectivity index is 2.25. The Morgan fingerprint density at radius 1 is 1.35 bits per heavy atom. The van der Waals surface area contributed by atoms with Gasteiger partial charge in [0, 0.05) is 0 Å². The van der Waals surface area contributed by atoms with Crippen LogP contribution < -0.4 is 5.32 Å². The number of halogens is 3. The number of anilines is 2. The second kappa shape index (κ2) is 5.20. The molecule has 106 valence electrons. The first-order chi connectivity index (χ1) is 9.29. The van der Waals surface area contributed by atoms with Crippen LogP contribution in [0.15, 0.2) is 18.3 Å². The van der Waals surface area contributed by atoms with E-state index in [1.54, 1.807) is 6.92 Å². The Morgan fingerprint density at radius 2 is 2.05 bits per heavy atom. The molecule has 0 amide bonds. The Bertz CT molecular complexity index is 634. The van der Waals surface area contributed by atoms with Crippen molar-refractivity contribution < 1.29 is 18.0 Å². The molecule has 0 aromatic carbocycles. The van der Waals surface area contributed by atoms with Crippen LogP contribution in [0.4, 0.5) is 23.9 Å². The maximum atomic E-state index is 12.4. The average molecular weight is 301 g/mol. The van der Waals surface area contributed by atoms with E-state index in [4.69, 9.17) is 0 Å². The van der Waals surface area contributed by atoms with Crippen LogP contribution in [0.5, 0.6) is 0 Å². The summed E-state index contributed by atoms with van der Waals surface area (Å²) >= 11 is 1.08. The van der Waals surface area contributed by atoms with E-state index >= 15 is 0 Å². The largest absolute Gasteiger partial charge is 0.433 e. The molecule has 2 aromatic heterocycles. The van der Waals surface area contributed by atoms with E-state index in [9.17, 15) is 18.0 Å². The molecule has 0 aliphatic heterocycles. The van der Waals surface area contributed by atoms with Gasteiger partial charge in [0.2, 0.25) is 0 Å². The van der Waals surface area contributed by atoms with Gasteiger partial charge in [-0.25, -0.2) is 4.98 Å². The highest BCUT2D eigenvalue weighted by atomic mass is 32.1. The van der Waals surface area contributed by atoms with Gasteiger partial charge >= 0.3 is 6.18 Å². The Kier molecular flexibility index (Phi) is 3.76. The minimum absolute atomic E-state index is 0.154. The average Bonchev–Trinajstić information content (AvgIpc) is 2.70. The SMILES string of the molecule is CC(=O)c1c(C)nsc1Nc1ccc(C(F)(F)F)nc1. The molecule has 0 saturated heterocycles. The van der Waals surface area contributed by atoms with Crippen LogP contribution in [0.1, 0.15) is 28.7 Å². The molecule has 0 fully saturated rings. The fourth-order valence-corrected chi connectivity index (χ4v) is 2.50. The zero-order chi connectivity index (χ0) is 14.9. The number of alkyl halides is 3. The molecule has 0 radical (unpaired) electrons. The summed E-state index contributed by atoms with van der Waals surface area (Å²) in [5.74, 6) is -0.154. The van der Waals surface area contributed by atoms with Crippen LogP contribution in [-0.2, 0) is 6.18 Å². The van der Waals surface area contributed by atoms with Gasteiger partial charge in [0.25, 0.3) is 0 Å². The quantitative estimate of drug-likeness (QED) is 0.876. The highest BCUT2D eigenvalue weighted by molar-refractivity contribution is 7.10. The third-order valence-corrected chi connectivity index (χ3v) is 3.38.